The van der Waals surface area contributed by atoms with Gasteiger partial charge in [0.15, 0.2) is 0 Å². The van der Waals surface area contributed by atoms with Crippen LogP contribution in [0.3, 0.4) is 0 Å². The molecule has 3 aromatic heterocycles. The van der Waals surface area contributed by atoms with Crippen molar-refractivity contribution in [1.82, 2.24) is 39.4 Å². The van der Waals surface area contributed by atoms with Crippen molar-refractivity contribution in [3.05, 3.63) is 82.7 Å². The summed E-state index contributed by atoms with van der Waals surface area (Å²) in [5.41, 5.74) is 4.18. The lowest BCUT2D eigenvalue weighted by Crippen LogP contribution is -2.44. The first kappa shape index (κ1) is 37.7. The maximum Gasteiger partial charge on any atom is 0.329 e. The number of aryl methyl sites for hydroxylation is 1. The van der Waals surface area contributed by atoms with Gasteiger partial charge in [-0.2, -0.15) is 5.10 Å². The number of carbonyl (C=O) groups is 4. The summed E-state index contributed by atoms with van der Waals surface area (Å²) in [5, 5.41) is 14.2. The summed E-state index contributed by atoms with van der Waals surface area (Å²) < 4.78 is 11.5. The molecular weight excluding hydrogens is 739 g/mol. The number of benzene rings is 2. The van der Waals surface area contributed by atoms with Gasteiger partial charge in [-0.05, 0) is 106 Å². The molecule has 0 spiro atoms. The maximum absolute atomic E-state index is 13.5. The molecule has 3 aliphatic heterocycles. The highest BCUT2D eigenvalue weighted by Crippen LogP contribution is 2.38. The van der Waals surface area contributed by atoms with E-state index in [-0.39, 0.29) is 41.9 Å². The van der Waals surface area contributed by atoms with Crippen LogP contribution in [0.4, 0.5) is 5.69 Å². The van der Waals surface area contributed by atoms with E-state index in [2.05, 4.69) is 42.8 Å². The number of imide groups is 1. The number of imidazole rings is 1. The number of amides is 4. The molecule has 15 nitrogen and oxygen atoms in total. The molecule has 0 bridgehead atoms. The Hall–Kier alpha value is -5.83. The molecule has 2 atom stereocenters. The molecule has 3 N–H and O–H groups in total. The highest BCUT2D eigenvalue weighted by atomic mass is 16.5. The van der Waals surface area contributed by atoms with Gasteiger partial charge in [-0.15, -0.1) is 0 Å². The number of nitrogens with one attached hydrogen (secondary N) is 3. The second-order valence-electron chi connectivity index (χ2n) is 16.4. The number of likely N-dealkylation sites (tertiary alicyclic amines) is 1. The molecule has 5 aromatic rings. The standard InChI is InChI=1S/C43H49N9O6/c1-49-40-31(5-4-7-35(40)52(43(49)57)36-13-15-39(54)47-42(36)56)27-16-19-50(20-17-27)23-26-8-11-30(12-9-26)51-24-28-21-34(46-41(55)32-6-2-3-18-44-32)37(22-33(28)48-51)58-25-29-10-14-38(53)45-29/h2-7,18,21-22,24,26-27,29-30,36H,8-17,19-20,23,25H2,1H3,(H,45,53)(H,46,55)(H,47,54,56)/t26?,29-,30?,36?/m0/s1. The third-order valence-electron chi connectivity index (χ3n) is 12.7. The van der Waals surface area contributed by atoms with Gasteiger partial charge in [-0.25, -0.2) is 4.79 Å². The fourth-order valence-corrected chi connectivity index (χ4v) is 9.56. The number of anilines is 1. The first-order valence-corrected chi connectivity index (χ1v) is 20.6. The van der Waals surface area contributed by atoms with Gasteiger partial charge in [-0.3, -0.25) is 43.3 Å². The molecular formula is C43H49N9O6. The predicted octanol–water partition coefficient (Wildman–Crippen LogP) is 4.58. The van der Waals surface area contributed by atoms with Crippen LogP contribution < -0.4 is 26.4 Å². The fourth-order valence-electron chi connectivity index (χ4n) is 9.56. The van der Waals surface area contributed by atoms with Gasteiger partial charge in [0.05, 0.1) is 34.3 Å². The Bertz CT molecular complexity index is 2440. The topological polar surface area (TPSA) is 174 Å². The smallest absolute Gasteiger partial charge is 0.329 e. The zero-order chi connectivity index (χ0) is 39.9. The number of hydrogen-bond donors (Lipinski definition) is 3. The maximum atomic E-state index is 13.5. The zero-order valence-corrected chi connectivity index (χ0v) is 32.7. The quantitative estimate of drug-likeness (QED) is 0.171. The second kappa shape index (κ2) is 15.8. The molecule has 15 heteroatoms. The Morgan fingerprint density at radius 1 is 0.914 bits per heavy atom. The van der Waals surface area contributed by atoms with Crippen LogP contribution in [0.5, 0.6) is 5.75 Å². The van der Waals surface area contributed by atoms with E-state index in [4.69, 9.17) is 9.84 Å². The summed E-state index contributed by atoms with van der Waals surface area (Å²) >= 11 is 0. The second-order valence-corrected chi connectivity index (χ2v) is 16.4. The molecule has 1 unspecified atom stereocenters. The Morgan fingerprint density at radius 2 is 1.72 bits per heavy atom. The molecule has 9 rings (SSSR count). The molecule has 0 radical (unpaired) electrons. The van der Waals surface area contributed by atoms with Crippen molar-refractivity contribution in [3.8, 4) is 5.75 Å². The first-order valence-electron chi connectivity index (χ1n) is 20.6. The average molecular weight is 788 g/mol. The van der Waals surface area contributed by atoms with E-state index in [0.29, 0.717) is 54.8 Å². The predicted molar refractivity (Wildman–Crippen MR) is 217 cm³/mol. The van der Waals surface area contributed by atoms with Crippen LogP contribution in [-0.4, -0.2) is 84.7 Å². The molecule has 4 amide bonds. The van der Waals surface area contributed by atoms with Gasteiger partial charge in [0.25, 0.3) is 5.91 Å². The fraction of sp³-hybridized carbons (Fsp3) is 0.465. The molecule has 1 aliphatic carbocycles. The molecule has 2 aromatic carbocycles. The number of nitrogens with zero attached hydrogens (tertiary/aromatic N) is 6. The Kier molecular flexibility index (Phi) is 10.3. The van der Waals surface area contributed by atoms with Crippen LogP contribution in [0.25, 0.3) is 21.9 Å². The number of ether oxygens (including phenoxy) is 1. The van der Waals surface area contributed by atoms with Crippen molar-refractivity contribution < 1.29 is 23.9 Å². The number of hydrogen-bond acceptors (Lipinski definition) is 9. The number of para-hydroxylation sites is 1. The monoisotopic (exact) mass is 787 g/mol. The van der Waals surface area contributed by atoms with Crippen LogP contribution >= 0.6 is 0 Å². The molecule has 6 heterocycles. The number of carbonyl (C=O) groups excluding carboxylic acids is 4. The molecule has 4 aliphatic rings. The first-order chi connectivity index (χ1) is 28.2. The van der Waals surface area contributed by atoms with E-state index < -0.39 is 11.9 Å². The number of piperidine rings is 2. The summed E-state index contributed by atoms with van der Waals surface area (Å²) in [6, 6.07) is 14.5. The number of aromatic nitrogens is 5. The Morgan fingerprint density at radius 3 is 2.47 bits per heavy atom. The van der Waals surface area contributed by atoms with Gasteiger partial charge in [0.1, 0.15) is 24.1 Å². The number of pyridine rings is 1. The van der Waals surface area contributed by atoms with E-state index in [1.54, 1.807) is 40.6 Å². The molecule has 3 saturated heterocycles. The lowest BCUT2D eigenvalue weighted by atomic mass is 9.84. The van der Waals surface area contributed by atoms with Crippen molar-refractivity contribution in [2.24, 2.45) is 13.0 Å². The molecule has 302 valence electrons. The SMILES string of the molecule is Cn1c(=O)n(C2CCC(=O)NC2=O)c2cccc(C3CCN(CC4CCC(n5cc6cc(NC(=O)c7ccccn7)c(OC[C@@H]7CCC(=O)N7)cc6n5)CC4)CC3)c21. The minimum atomic E-state index is -0.690. The van der Waals surface area contributed by atoms with Gasteiger partial charge >= 0.3 is 5.69 Å². The lowest BCUT2D eigenvalue weighted by Gasteiger charge is -2.37. The van der Waals surface area contributed by atoms with Crippen LogP contribution in [0, 0.1) is 5.92 Å². The van der Waals surface area contributed by atoms with E-state index in [1.165, 1.54) is 0 Å². The Labute approximate surface area is 335 Å². The summed E-state index contributed by atoms with van der Waals surface area (Å²) in [4.78, 5) is 69.7. The third kappa shape index (κ3) is 7.50. The minimum Gasteiger partial charge on any atom is -0.489 e. The molecule has 4 fully saturated rings. The van der Waals surface area contributed by atoms with E-state index >= 15 is 0 Å². The highest BCUT2D eigenvalue weighted by Gasteiger charge is 2.33. The van der Waals surface area contributed by atoms with Crippen LogP contribution in [0.15, 0.2) is 65.7 Å². The molecule has 1 saturated carbocycles. The number of fused-ring (bicyclic) bond motifs is 2. The third-order valence-corrected chi connectivity index (χ3v) is 12.7. The molecule has 58 heavy (non-hydrogen) atoms. The summed E-state index contributed by atoms with van der Waals surface area (Å²) in [7, 11) is 1.78. The van der Waals surface area contributed by atoms with Gasteiger partial charge < -0.3 is 20.3 Å². The number of rotatable bonds is 10. The minimum absolute atomic E-state index is 0.0206. The van der Waals surface area contributed by atoms with E-state index in [0.717, 1.165) is 85.7 Å². The van der Waals surface area contributed by atoms with Crippen molar-refractivity contribution in [3.63, 3.8) is 0 Å². The van der Waals surface area contributed by atoms with Crippen LogP contribution in [0.1, 0.15) is 98.3 Å². The summed E-state index contributed by atoms with van der Waals surface area (Å²) in [6.45, 7) is 3.34. The van der Waals surface area contributed by atoms with E-state index in [1.807, 2.05) is 24.3 Å². The van der Waals surface area contributed by atoms with Crippen LogP contribution in [-0.2, 0) is 21.4 Å². The average Bonchev–Trinajstić information content (AvgIpc) is 3.92. The lowest BCUT2D eigenvalue weighted by molar-refractivity contribution is -0.135. The van der Waals surface area contributed by atoms with Gasteiger partial charge in [0, 0.05) is 50.3 Å². The van der Waals surface area contributed by atoms with Gasteiger partial charge in [0.2, 0.25) is 17.7 Å². The summed E-state index contributed by atoms with van der Waals surface area (Å²) in [5.74, 6) is 0.398. The van der Waals surface area contributed by atoms with Gasteiger partial charge in [-0.1, -0.05) is 18.2 Å². The van der Waals surface area contributed by atoms with E-state index in [9.17, 15) is 24.0 Å². The largest absolute Gasteiger partial charge is 0.489 e. The highest BCUT2D eigenvalue weighted by molar-refractivity contribution is 6.05. The van der Waals surface area contributed by atoms with Crippen molar-refractivity contribution in [1.29, 1.82) is 0 Å². The Balaban J connectivity index is 0.827. The van der Waals surface area contributed by atoms with Crippen molar-refractivity contribution >= 4 is 51.3 Å². The summed E-state index contributed by atoms with van der Waals surface area (Å²) in [6.07, 6.45) is 11.7. The zero-order valence-electron chi connectivity index (χ0n) is 32.7. The normalized spacial score (nSPS) is 23.3. The van der Waals surface area contributed by atoms with Crippen molar-refractivity contribution in [2.45, 2.75) is 88.3 Å². The van der Waals surface area contributed by atoms with Crippen molar-refractivity contribution in [2.75, 3.05) is 31.6 Å². The van der Waals surface area contributed by atoms with Crippen LogP contribution in [0.2, 0.25) is 0 Å².